The third-order valence-electron chi connectivity index (χ3n) is 4.16. The number of hydrogen-bond acceptors (Lipinski definition) is 5. The van der Waals surface area contributed by atoms with Gasteiger partial charge in [-0.25, -0.2) is 0 Å². The van der Waals surface area contributed by atoms with Gasteiger partial charge in [-0.2, -0.15) is 0 Å². The average molecular weight is 341 g/mol. The first-order valence-electron chi connectivity index (χ1n) is 7.69. The van der Waals surface area contributed by atoms with Crippen LogP contribution in [0.25, 0.3) is 0 Å². The van der Waals surface area contributed by atoms with Gasteiger partial charge in [0.05, 0.1) is 39.0 Å². The number of carbonyl (C=O) groups is 1. The van der Waals surface area contributed by atoms with E-state index >= 15 is 0 Å². The third kappa shape index (κ3) is 3.61. The molecule has 126 valence electrons. The van der Waals surface area contributed by atoms with Gasteiger partial charge in [-0.05, 0) is 18.2 Å². The summed E-state index contributed by atoms with van der Waals surface area (Å²) in [5.41, 5.74) is -0.0181. The summed E-state index contributed by atoms with van der Waals surface area (Å²) in [4.78, 5) is 14.7. The number of hydrogen-bond donors (Lipinski definition) is 1. The molecule has 1 aromatic rings. The normalized spacial score (nSPS) is 25.2. The van der Waals surface area contributed by atoms with E-state index in [9.17, 15) is 4.79 Å². The topological polar surface area (TPSA) is 60.0 Å². The van der Waals surface area contributed by atoms with Crippen LogP contribution in [0.15, 0.2) is 18.2 Å². The zero-order valence-corrected chi connectivity index (χ0v) is 13.9. The number of ether oxygens (including phenoxy) is 3. The van der Waals surface area contributed by atoms with Crippen LogP contribution in [-0.2, 0) is 9.47 Å². The number of morpholine rings is 1. The maximum Gasteiger partial charge on any atom is 0.257 e. The van der Waals surface area contributed by atoms with Gasteiger partial charge in [0.2, 0.25) is 0 Å². The lowest BCUT2D eigenvalue weighted by Gasteiger charge is -2.41. The van der Waals surface area contributed by atoms with Crippen molar-refractivity contribution in [2.45, 2.75) is 5.60 Å². The number of carbonyl (C=O) groups excluding carboxylic acids is 1. The minimum absolute atomic E-state index is 0.101. The monoisotopic (exact) mass is 340 g/mol. The van der Waals surface area contributed by atoms with E-state index in [1.54, 1.807) is 30.2 Å². The van der Waals surface area contributed by atoms with Crippen molar-refractivity contribution in [3.63, 3.8) is 0 Å². The first kappa shape index (κ1) is 16.5. The average Bonchev–Trinajstić information content (AvgIpc) is 2.79. The second kappa shape index (κ2) is 7.05. The van der Waals surface area contributed by atoms with E-state index in [0.717, 1.165) is 6.54 Å². The number of benzene rings is 1. The SMILES string of the molecule is COc1ccc(Cl)cc1C(=O)N1CCO[C@]2(CNCCOC2)C1. The van der Waals surface area contributed by atoms with Crippen LogP contribution in [0.3, 0.4) is 0 Å². The van der Waals surface area contributed by atoms with Gasteiger partial charge >= 0.3 is 0 Å². The predicted octanol–water partition coefficient (Wildman–Crippen LogP) is 1.18. The Morgan fingerprint density at radius 1 is 1.43 bits per heavy atom. The van der Waals surface area contributed by atoms with Crippen LogP contribution in [0.1, 0.15) is 10.4 Å². The van der Waals surface area contributed by atoms with E-state index in [1.165, 1.54) is 0 Å². The second-order valence-corrected chi connectivity index (χ2v) is 6.27. The Labute approximate surface area is 140 Å². The van der Waals surface area contributed by atoms with Gasteiger partial charge in [-0.1, -0.05) is 11.6 Å². The Morgan fingerprint density at radius 3 is 3.13 bits per heavy atom. The minimum atomic E-state index is -0.490. The van der Waals surface area contributed by atoms with Crippen LogP contribution >= 0.6 is 11.6 Å². The van der Waals surface area contributed by atoms with Gasteiger partial charge in [0.25, 0.3) is 5.91 Å². The Kier molecular flexibility index (Phi) is 5.06. The van der Waals surface area contributed by atoms with Gasteiger partial charge in [-0.15, -0.1) is 0 Å². The smallest absolute Gasteiger partial charge is 0.257 e. The first-order chi connectivity index (χ1) is 11.1. The van der Waals surface area contributed by atoms with Crippen molar-refractivity contribution < 1.29 is 19.0 Å². The number of amides is 1. The summed E-state index contributed by atoms with van der Waals surface area (Å²) in [6.07, 6.45) is 0. The fourth-order valence-corrected chi connectivity index (χ4v) is 3.17. The summed E-state index contributed by atoms with van der Waals surface area (Å²) in [5.74, 6) is 0.423. The lowest BCUT2D eigenvalue weighted by molar-refractivity contribution is -0.125. The highest BCUT2D eigenvalue weighted by atomic mass is 35.5. The van der Waals surface area contributed by atoms with E-state index in [4.69, 9.17) is 25.8 Å². The zero-order chi connectivity index (χ0) is 16.3. The Bertz CT molecular complexity index is 573. The van der Waals surface area contributed by atoms with Gasteiger partial charge in [-0.3, -0.25) is 4.79 Å². The molecule has 7 heteroatoms. The standard InChI is InChI=1S/C16H21ClN2O4/c1-21-14-3-2-12(17)8-13(14)15(20)19-5-7-23-16(10-19)9-18-4-6-22-11-16/h2-3,8,18H,4-7,9-11H2,1H3/t16-/m1/s1. The molecule has 0 saturated carbocycles. The summed E-state index contributed by atoms with van der Waals surface area (Å²) < 4.78 is 16.9. The molecule has 0 radical (unpaired) electrons. The summed E-state index contributed by atoms with van der Waals surface area (Å²) in [6.45, 7) is 4.10. The van der Waals surface area contributed by atoms with E-state index in [2.05, 4.69) is 5.32 Å². The Hall–Kier alpha value is -1.34. The van der Waals surface area contributed by atoms with E-state index < -0.39 is 5.60 Å². The second-order valence-electron chi connectivity index (χ2n) is 5.83. The lowest BCUT2D eigenvalue weighted by atomic mass is 10.0. The van der Waals surface area contributed by atoms with E-state index in [1.807, 2.05) is 0 Å². The molecule has 2 fully saturated rings. The molecule has 1 amide bonds. The van der Waals surface area contributed by atoms with Gasteiger partial charge < -0.3 is 24.4 Å². The van der Waals surface area contributed by atoms with Gasteiger partial charge in [0.1, 0.15) is 11.4 Å². The molecule has 0 bridgehead atoms. The number of methoxy groups -OCH3 is 1. The maximum atomic E-state index is 12.9. The fraction of sp³-hybridized carbons (Fsp3) is 0.562. The van der Waals surface area contributed by atoms with E-state index in [-0.39, 0.29) is 5.91 Å². The molecule has 2 saturated heterocycles. The zero-order valence-electron chi connectivity index (χ0n) is 13.1. The Balaban J connectivity index is 1.80. The minimum Gasteiger partial charge on any atom is -0.496 e. The highest BCUT2D eigenvalue weighted by Crippen LogP contribution is 2.27. The summed E-state index contributed by atoms with van der Waals surface area (Å²) in [6, 6.07) is 5.07. The number of rotatable bonds is 2. The molecule has 2 heterocycles. The van der Waals surface area contributed by atoms with Crippen LogP contribution < -0.4 is 10.1 Å². The molecule has 0 unspecified atom stereocenters. The van der Waals surface area contributed by atoms with Crippen molar-refractivity contribution in [3.8, 4) is 5.75 Å². The quantitative estimate of drug-likeness (QED) is 0.876. The summed E-state index contributed by atoms with van der Waals surface area (Å²) >= 11 is 6.04. The fourth-order valence-electron chi connectivity index (χ4n) is 3.00. The molecule has 0 aliphatic carbocycles. The van der Waals surface area contributed by atoms with Crippen LogP contribution in [0.5, 0.6) is 5.75 Å². The number of nitrogens with one attached hydrogen (secondary N) is 1. The van der Waals surface area contributed by atoms with Crippen LogP contribution in [0, 0.1) is 0 Å². The predicted molar refractivity (Wildman–Crippen MR) is 86.3 cm³/mol. The van der Waals surface area contributed by atoms with Gasteiger partial charge in [0, 0.05) is 24.7 Å². The summed E-state index contributed by atoms with van der Waals surface area (Å²) in [7, 11) is 1.55. The van der Waals surface area contributed by atoms with E-state index in [0.29, 0.717) is 55.8 Å². The van der Waals surface area contributed by atoms with Crippen molar-refractivity contribution in [1.82, 2.24) is 10.2 Å². The van der Waals surface area contributed by atoms with Crippen molar-refractivity contribution in [3.05, 3.63) is 28.8 Å². The number of nitrogens with zero attached hydrogens (tertiary/aromatic N) is 1. The third-order valence-corrected chi connectivity index (χ3v) is 4.40. The molecule has 1 N–H and O–H groups in total. The molecule has 2 aliphatic rings. The van der Waals surface area contributed by atoms with Crippen molar-refractivity contribution >= 4 is 17.5 Å². The molecule has 1 aromatic carbocycles. The molecule has 23 heavy (non-hydrogen) atoms. The molecule has 6 nitrogen and oxygen atoms in total. The molecule has 3 rings (SSSR count). The van der Waals surface area contributed by atoms with Crippen LogP contribution in [-0.4, -0.2) is 69.5 Å². The molecular weight excluding hydrogens is 320 g/mol. The summed E-state index contributed by atoms with van der Waals surface area (Å²) in [5, 5.41) is 3.82. The van der Waals surface area contributed by atoms with Gasteiger partial charge in [0.15, 0.2) is 0 Å². The molecular formula is C16H21ClN2O4. The highest BCUT2D eigenvalue weighted by Gasteiger charge is 2.40. The largest absolute Gasteiger partial charge is 0.496 e. The molecule has 0 aromatic heterocycles. The molecule has 1 spiro atoms. The van der Waals surface area contributed by atoms with Crippen molar-refractivity contribution in [1.29, 1.82) is 0 Å². The van der Waals surface area contributed by atoms with Crippen LogP contribution in [0.4, 0.5) is 0 Å². The lowest BCUT2D eigenvalue weighted by Crippen LogP contribution is -2.59. The number of halogens is 1. The van der Waals surface area contributed by atoms with Crippen LogP contribution in [0.2, 0.25) is 5.02 Å². The highest BCUT2D eigenvalue weighted by molar-refractivity contribution is 6.31. The maximum absolute atomic E-state index is 12.9. The first-order valence-corrected chi connectivity index (χ1v) is 8.07. The van der Waals surface area contributed by atoms with Crippen molar-refractivity contribution in [2.24, 2.45) is 0 Å². The molecule has 1 atom stereocenters. The Morgan fingerprint density at radius 2 is 2.30 bits per heavy atom. The van der Waals surface area contributed by atoms with Crippen molar-refractivity contribution in [2.75, 3.05) is 53.1 Å². The molecule has 2 aliphatic heterocycles.